The standard InChI is InChI=1S/C20H14ClNO3S/c1-24-16-6-4-12-8-14(3-2-13(12)9-16)18(23)11-26-20-22-17-10-15(21)5-7-19(17)25-20/h2-10H,11H2,1H3. The molecule has 0 N–H and O–H groups in total. The Bertz CT molecular complexity index is 1120. The van der Waals surface area contributed by atoms with Crippen LogP contribution in [-0.4, -0.2) is 23.6 Å². The molecule has 0 radical (unpaired) electrons. The molecule has 0 bridgehead atoms. The molecule has 130 valence electrons. The predicted molar refractivity (Wildman–Crippen MR) is 105 cm³/mol. The zero-order valence-corrected chi connectivity index (χ0v) is 15.4. The van der Waals surface area contributed by atoms with Crippen LogP contribution in [0.5, 0.6) is 5.75 Å². The van der Waals surface area contributed by atoms with Crippen LogP contribution in [0.1, 0.15) is 10.4 Å². The minimum Gasteiger partial charge on any atom is -0.497 e. The lowest BCUT2D eigenvalue weighted by molar-refractivity contribution is 0.102. The van der Waals surface area contributed by atoms with Gasteiger partial charge in [0.2, 0.25) is 0 Å². The van der Waals surface area contributed by atoms with Gasteiger partial charge >= 0.3 is 0 Å². The molecule has 0 saturated heterocycles. The maximum Gasteiger partial charge on any atom is 0.257 e. The third-order valence-corrected chi connectivity index (χ3v) is 5.09. The highest BCUT2D eigenvalue weighted by atomic mass is 35.5. The number of thioether (sulfide) groups is 1. The first-order valence-corrected chi connectivity index (χ1v) is 9.28. The molecular formula is C20H14ClNO3S. The lowest BCUT2D eigenvalue weighted by Gasteiger charge is -2.05. The number of nitrogens with zero attached hydrogens (tertiary/aromatic N) is 1. The first kappa shape index (κ1) is 16.9. The third-order valence-electron chi connectivity index (χ3n) is 4.03. The van der Waals surface area contributed by atoms with E-state index >= 15 is 0 Å². The fourth-order valence-corrected chi connectivity index (χ4v) is 3.58. The molecule has 1 aromatic heterocycles. The number of aromatic nitrogens is 1. The van der Waals surface area contributed by atoms with Gasteiger partial charge in [0, 0.05) is 10.6 Å². The quantitative estimate of drug-likeness (QED) is 0.331. The van der Waals surface area contributed by atoms with Gasteiger partial charge in [0.25, 0.3) is 5.22 Å². The lowest BCUT2D eigenvalue weighted by atomic mass is 10.0. The maximum atomic E-state index is 12.5. The number of benzene rings is 3. The van der Waals surface area contributed by atoms with Gasteiger partial charge in [-0.2, -0.15) is 0 Å². The van der Waals surface area contributed by atoms with Crippen LogP contribution >= 0.6 is 23.4 Å². The molecule has 6 heteroatoms. The highest BCUT2D eigenvalue weighted by Crippen LogP contribution is 2.27. The van der Waals surface area contributed by atoms with E-state index in [1.807, 2.05) is 36.4 Å². The smallest absolute Gasteiger partial charge is 0.257 e. The number of oxazole rings is 1. The van der Waals surface area contributed by atoms with Gasteiger partial charge in [-0.25, -0.2) is 4.98 Å². The van der Waals surface area contributed by atoms with Crippen molar-refractivity contribution in [2.75, 3.05) is 12.9 Å². The van der Waals surface area contributed by atoms with Crippen molar-refractivity contribution in [1.29, 1.82) is 0 Å². The minimum atomic E-state index is 0.0213. The topological polar surface area (TPSA) is 52.3 Å². The number of fused-ring (bicyclic) bond motifs is 2. The van der Waals surface area contributed by atoms with Gasteiger partial charge in [0.1, 0.15) is 11.3 Å². The van der Waals surface area contributed by atoms with Gasteiger partial charge < -0.3 is 9.15 Å². The Balaban J connectivity index is 1.50. The van der Waals surface area contributed by atoms with Gasteiger partial charge in [-0.3, -0.25) is 4.79 Å². The molecule has 26 heavy (non-hydrogen) atoms. The van der Waals surface area contributed by atoms with Crippen LogP contribution in [0.2, 0.25) is 5.02 Å². The van der Waals surface area contributed by atoms with Gasteiger partial charge in [-0.15, -0.1) is 0 Å². The van der Waals surface area contributed by atoms with E-state index in [4.69, 9.17) is 20.8 Å². The van der Waals surface area contributed by atoms with Crippen molar-refractivity contribution in [3.8, 4) is 5.75 Å². The van der Waals surface area contributed by atoms with Gasteiger partial charge in [-0.05, 0) is 47.2 Å². The van der Waals surface area contributed by atoms with E-state index in [0.29, 0.717) is 26.9 Å². The molecule has 0 aliphatic rings. The zero-order valence-electron chi connectivity index (χ0n) is 13.9. The normalized spacial score (nSPS) is 11.2. The first-order chi connectivity index (χ1) is 12.6. The summed E-state index contributed by atoms with van der Waals surface area (Å²) in [6, 6.07) is 16.7. The number of halogens is 1. The SMILES string of the molecule is COc1ccc2cc(C(=O)CSc3nc4cc(Cl)ccc4o3)ccc2c1. The van der Waals surface area contributed by atoms with Crippen LogP contribution in [0, 0.1) is 0 Å². The van der Waals surface area contributed by atoms with Gasteiger partial charge in [0.05, 0.1) is 12.9 Å². The minimum absolute atomic E-state index is 0.0213. The number of ether oxygens (including phenoxy) is 1. The van der Waals surface area contributed by atoms with E-state index in [1.165, 1.54) is 11.8 Å². The molecule has 4 aromatic rings. The van der Waals surface area contributed by atoms with Crippen LogP contribution in [0.3, 0.4) is 0 Å². The van der Waals surface area contributed by atoms with Crippen LogP contribution in [0.25, 0.3) is 21.9 Å². The summed E-state index contributed by atoms with van der Waals surface area (Å²) in [5.41, 5.74) is 2.01. The molecule has 0 amide bonds. The number of hydrogen-bond donors (Lipinski definition) is 0. The second-order valence-electron chi connectivity index (χ2n) is 5.73. The van der Waals surface area contributed by atoms with E-state index in [0.717, 1.165) is 16.5 Å². The van der Waals surface area contributed by atoms with Crippen LogP contribution in [0.4, 0.5) is 0 Å². The number of ketones is 1. The molecule has 0 atom stereocenters. The molecule has 4 nitrogen and oxygen atoms in total. The molecule has 0 fully saturated rings. The first-order valence-electron chi connectivity index (χ1n) is 7.92. The summed E-state index contributed by atoms with van der Waals surface area (Å²) in [6.07, 6.45) is 0. The third kappa shape index (κ3) is 3.41. The molecule has 3 aromatic carbocycles. The van der Waals surface area contributed by atoms with Gasteiger partial charge in [0.15, 0.2) is 11.4 Å². The number of carbonyl (C=O) groups is 1. The Morgan fingerprint density at radius 2 is 1.92 bits per heavy atom. The van der Waals surface area contributed by atoms with E-state index in [1.54, 1.807) is 25.3 Å². The van der Waals surface area contributed by atoms with E-state index in [2.05, 4.69) is 4.98 Å². The summed E-state index contributed by atoms with van der Waals surface area (Å²) in [5.74, 6) is 1.07. The number of Topliss-reactive ketones (excluding diaryl/α,β-unsaturated/α-hetero) is 1. The number of hydrogen-bond acceptors (Lipinski definition) is 5. The summed E-state index contributed by atoms with van der Waals surface area (Å²) in [5, 5.41) is 3.09. The highest BCUT2D eigenvalue weighted by molar-refractivity contribution is 7.99. The van der Waals surface area contributed by atoms with Crippen LogP contribution < -0.4 is 4.74 Å². The molecule has 1 heterocycles. The Morgan fingerprint density at radius 1 is 1.12 bits per heavy atom. The van der Waals surface area contributed by atoms with Crippen molar-refractivity contribution in [3.05, 3.63) is 65.2 Å². The van der Waals surface area contributed by atoms with E-state index in [-0.39, 0.29) is 11.5 Å². The average Bonchev–Trinajstić information content (AvgIpc) is 3.07. The maximum absolute atomic E-state index is 12.5. The van der Waals surface area contributed by atoms with E-state index < -0.39 is 0 Å². The van der Waals surface area contributed by atoms with Crippen molar-refractivity contribution in [1.82, 2.24) is 4.98 Å². The second kappa shape index (κ2) is 7.02. The molecule has 0 unspecified atom stereocenters. The van der Waals surface area contributed by atoms with Crippen molar-refractivity contribution >= 4 is 51.0 Å². The van der Waals surface area contributed by atoms with Crippen molar-refractivity contribution in [2.24, 2.45) is 0 Å². The molecule has 0 saturated carbocycles. The second-order valence-corrected chi connectivity index (χ2v) is 7.09. The fraction of sp³-hybridized carbons (Fsp3) is 0.100. The van der Waals surface area contributed by atoms with Crippen molar-refractivity contribution < 1.29 is 13.9 Å². The summed E-state index contributed by atoms with van der Waals surface area (Å²) < 4.78 is 10.9. The monoisotopic (exact) mass is 383 g/mol. The predicted octanol–water partition coefficient (Wildman–Crippen LogP) is 5.62. The number of methoxy groups -OCH3 is 1. The largest absolute Gasteiger partial charge is 0.497 e. The summed E-state index contributed by atoms with van der Waals surface area (Å²) in [7, 11) is 1.64. The Hall–Kier alpha value is -2.50. The molecule has 0 aliphatic heterocycles. The molecular weight excluding hydrogens is 370 g/mol. The van der Waals surface area contributed by atoms with Crippen molar-refractivity contribution in [3.63, 3.8) is 0 Å². The number of rotatable bonds is 5. The number of carbonyl (C=O) groups excluding carboxylic acids is 1. The fourth-order valence-electron chi connectivity index (χ4n) is 2.68. The van der Waals surface area contributed by atoms with Crippen molar-refractivity contribution in [2.45, 2.75) is 5.22 Å². The molecule has 0 aliphatic carbocycles. The van der Waals surface area contributed by atoms with Crippen LogP contribution in [-0.2, 0) is 0 Å². The van der Waals surface area contributed by atoms with Crippen LogP contribution in [0.15, 0.2) is 64.2 Å². The molecule has 0 spiro atoms. The Labute approximate surface area is 159 Å². The Kier molecular flexibility index (Phi) is 4.57. The highest BCUT2D eigenvalue weighted by Gasteiger charge is 2.12. The lowest BCUT2D eigenvalue weighted by Crippen LogP contribution is -2.02. The van der Waals surface area contributed by atoms with E-state index in [9.17, 15) is 4.79 Å². The summed E-state index contributed by atoms with van der Waals surface area (Å²) >= 11 is 7.23. The summed E-state index contributed by atoms with van der Waals surface area (Å²) in [4.78, 5) is 16.9. The summed E-state index contributed by atoms with van der Waals surface area (Å²) in [6.45, 7) is 0. The Morgan fingerprint density at radius 3 is 2.77 bits per heavy atom. The average molecular weight is 384 g/mol. The van der Waals surface area contributed by atoms with Gasteiger partial charge in [-0.1, -0.05) is 41.6 Å². The molecule has 4 rings (SSSR count). The zero-order chi connectivity index (χ0) is 18.1.